The van der Waals surface area contributed by atoms with Gasteiger partial charge in [-0.3, -0.25) is 0 Å². The molecule has 1 saturated carbocycles. The molecule has 1 unspecified atom stereocenters. The van der Waals surface area contributed by atoms with Crippen molar-refractivity contribution in [2.24, 2.45) is 5.92 Å². The molecule has 0 radical (unpaired) electrons. The van der Waals surface area contributed by atoms with Gasteiger partial charge in [-0.15, -0.1) is 0 Å². The van der Waals surface area contributed by atoms with Gasteiger partial charge >= 0.3 is 12.1 Å². The van der Waals surface area contributed by atoms with Gasteiger partial charge in [0, 0.05) is 37.6 Å². The van der Waals surface area contributed by atoms with Crippen LogP contribution in [0.2, 0.25) is 0 Å². The Hall–Kier alpha value is -1.46. The molecule has 1 aliphatic heterocycles. The van der Waals surface area contributed by atoms with E-state index in [-0.39, 0.29) is 23.7 Å². The Kier molecular flexibility index (Phi) is 4.83. The molecule has 2 fully saturated rings. The third kappa shape index (κ3) is 4.30. The number of amides is 3. The van der Waals surface area contributed by atoms with E-state index in [9.17, 15) is 9.59 Å². The summed E-state index contributed by atoms with van der Waals surface area (Å²) in [6.07, 6.45) is 2.67. The first kappa shape index (κ1) is 17.9. The molecule has 1 heterocycles. The highest BCUT2D eigenvalue weighted by atomic mass is 16.6. The van der Waals surface area contributed by atoms with E-state index >= 15 is 0 Å². The smallest absolute Gasteiger partial charge is 0.410 e. The van der Waals surface area contributed by atoms with Gasteiger partial charge in [0.15, 0.2) is 0 Å². The molecule has 0 aromatic heterocycles. The normalized spacial score (nSPS) is 22.9. The number of nitrogens with zero attached hydrogens (tertiary/aromatic N) is 2. The molecule has 23 heavy (non-hydrogen) atoms. The van der Waals surface area contributed by atoms with Crippen molar-refractivity contribution in [3.05, 3.63) is 0 Å². The maximum Gasteiger partial charge on any atom is 0.410 e. The zero-order valence-corrected chi connectivity index (χ0v) is 15.3. The van der Waals surface area contributed by atoms with Crippen LogP contribution in [0.3, 0.4) is 0 Å². The molecule has 1 aliphatic carbocycles. The molecule has 0 aromatic rings. The maximum absolute atomic E-state index is 12.3. The van der Waals surface area contributed by atoms with Crippen molar-refractivity contribution >= 4 is 12.1 Å². The van der Waals surface area contributed by atoms with E-state index in [4.69, 9.17) is 4.74 Å². The van der Waals surface area contributed by atoms with Crippen LogP contribution in [0.4, 0.5) is 9.59 Å². The van der Waals surface area contributed by atoms with E-state index in [1.54, 1.807) is 9.80 Å². The summed E-state index contributed by atoms with van der Waals surface area (Å²) < 4.78 is 5.45. The first-order valence-corrected chi connectivity index (χ1v) is 8.57. The zero-order chi connectivity index (χ0) is 17.4. The third-order valence-corrected chi connectivity index (χ3v) is 4.86. The molecule has 3 amide bonds. The van der Waals surface area contributed by atoms with Crippen LogP contribution in [0.5, 0.6) is 0 Å². The molecular formula is C17H31N3O3. The molecule has 132 valence electrons. The summed E-state index contributed by atoms with van der Waals surface area (Å²) >= 11 is 0. The van der Waals surface area contributed by atoms with Crippen molar-refractivity contribution in [2.75, 3.05) is 20.1 Å². The number of rotatable bonds is 3. The predicted molar refractivity (Wildman–Crippen MR) is 89.3 cm³/mol. The summed E-state index contributed by atoms with van der Waals surface area (Å²) in [6, 6.07) is 0.154. The van der Waals surface area contributed by atoms with Crippen LogP contribution in [0, 0.1) is 5.92 Å². The number of ether oxygens (including phenoxy) is 1. The van der Waals surface area contributed by atoms with Gasteiger partial charge in [0.1, 0.15) is 5.60 Å². The average Bonchev–Trinajstić information content (AvgIpc) is 3.01. The first-order valence-electron chi connectivity index (χ1n) is 8.57. The van der Waals surface area contributed by atoms with Crippen LogP contribution < -0.4 is 5.32 Å². The largest absolute Gasteiger partial charge is 0.444 e. The average molecular weight is 325 g/mol. The number of likely N-dealkylation sites (tertiary alicyclic amines) is 1. The lowest BCUT2D eigenvalue weighted by molar-refractivity contribution is 0.0285. The van der Waals surface area contributed by atoms with Gasteiger partial charge in [-0.25, -0.2) is 9.59 Å². The molecule has 6 heteroatoms. The number of carbonyl (C=O) groups is 2. The minimum absolute atomic E-state index is 0.0202. The van der Waals surface area contributed by atoms with Crippen molar-refractivity contribution < 1.29 is 14.3 Å². The van der Waals surface area contributed by atoms with Gasteiger partial charge in [-0.2, -0.15) is 0 Å². The maximum atomic E-state index is 12.3. The molecule has 0 spiro atoms. The van der Waals surface area contributed by atoms with Gasteiger partial charge in [-0.1, -0.05) is 0 Å². The van der Waals surface area contributed by atoms with E-state index in [1.165, 1.54) is 0 Å². The van der Waals surface area contributed by atoms with E-state index in [0.717, 1.165) is 19.3 Å². The minimum atomic E-state index is -0.472. The molecule has 1 saturated heterocycles. The lowest BCUT2D eigenvalue weighted by Crippen LogP contribution is -2.50. The molecule has 1 N–H and O–H groups in total. The number of urea groups is 1. The van der Waals surface area contributed by atoms with Gasteiger partial charge in [0.05, 0.1) is 0 Å². The van der Waals surface area contributed by atoms with Crippen molar-refractivity contribution in [3.63, 3.8) is 0 Å². The lowest BCUT2D eigenvalue weighted by atomic mass is 9.96. The Morgan fingerprint density at radius 2 is 1.91 bits per heavy atom. The summed E-state index contributed by atoms with van der Waals surface area (Å²) in [4.78, 5) is 28.0. The Morgan fingerprint density at radius 3 is 2.39 bits per heavy atom. The van der Waals surface area contributed by atoms with Crippen LogP contribution in [-0.2, 0) is 4.74 Å². The fraction of sp³-hybridized carbons (Fsp3) is 0.882. The zero-order valence-electron chi connectivity index (χ0n) is 15.3. The fourth-order valence-electron chi connectivity index (χ4n) is 3.01. The topological polar surface area (TPSA) is 61.9 Å². The summed E-state index contributed by atoms with van der Waals surface area (Å²) in [5.41, 5.74) is -0.600. The van der Waals surface area contributed by atoms with Gasteiger partial charge in [0.25, 0.3) is 0 Å². The summed E-state index contributed by atoms with van der Waals surface area (Å²) in [5, 5.41) is 3.21. The van der Waals surface area contributed by atoms with Crippen LogP contribution in [0.15, 0.2) is 0 Å². The van der Waals surface area contributed by atoms with Crippen LogP contribution in [-0.4, -0.2) is 59.2 Å². The van der Waals surface area contributed by atoms with Crippen LogP contribution >= 0.6 is 0 Å². The van der Waals surface area contributed by atoms with Crippen molar-refractivity contribution in [1.82, 2.24) is 15.1 Å². The van der Waals surface area contributed by atoms with Crippen molar-refractivity contribution in [1.29, 1.82) is 0 Å². The number of carbonyl (C=O) groups excluding carboxylic acids is 2. The Morgan fingerprint density at radius 1 is 1.30 bits per heavy atom. The molecule has 0 aromatic carbocycles. The van der Waals surface area contributed by atoms with E-state index in [1.807, 2.05) is 41.7 Å². The molecular weight excluding hydrogens is 294 g/mol. The molecule has 2 rings (SSSR count). The fourth-order valence-corrected chi connectivity index (χ4v) is 3.01. The van der Waals surface area contributed by atoms with Crippen molar-refractivity contribution in [2.45, 2.75) is 71.1 Å². The monoisotopic (exact) mass is 325 g/mol. The number of hydrogen-bond acceptors (Lipinski definition) is 3. The highest BCUT2D eigenvalue weighted by Crippen LogP contribution is 2.46. The summed E-state index contributed by atoms with van der Waals surface area (Å²) in [7, 11) is 1.82. The molecule has 6 nitrogen and oxygen atoms in total. The number of nitrogens with one attached hydrogen (secondary N) is 1. The molecule has 1 atom stereocenters. The Bertz CT molecular complexity index is 466. The van der Waals surface area contributed by atoms with Gasteiger partial charge < -0.3 is 19.9 Å². The predicted octanol–water partition coefficient (Wildman–Crippen LogP) is 2.83. The highest BCUT2D eigenvalue weighted by Gasteiger charge is 2.53. The second-order valence-electron chi connectivity index (χ2n) is 8.20. The standard InChI is InChI=1S/C17H31N3O3/c1-12(2)19(6)14(21)18-17(8-9-17)13-7-10-20(11-13)15(22)23-16(3,4)5/h12-13H,7-11H2,1-6H3,(H,18,21). The molecule has 2 aliphatic rings. The van der Waals surface area contributed by atoms with Gasteiger partial charge in [0.2, 0.25) is 0 Å². The Labute approximate surface area is 139 Å². The van der Waals surface area contributed by atoms with Crippen LogP contribution in [0.25, 0.3) is 0 Å². The second kappa shape index (κ2) is 6.21. The minimum Gasteiger partial charge on any atom is -0.444 e. The van der Waals surface area contributed by atoms with E-state index in [0.29, 0.717) is 19.0 Å². The Balaban J connectivity index is 1.91. The molecule has 0 bridgehead atoms. The van der Waals surface area contributed by atoms with Crippen molar-refractivity contribution in [3.8, 4) is 0 Å². The second-order valence-corrected chi connectivity index (χ2v) is 8.20. The summed E-state index contributed by atoms with van der Waals surface area (Å²) in [6.45, 7) is 11.0. The number of hydrogen-bond donors (Lipinski definition) is 1. The quantitative estimate of drug-likeness (QED) is 0.868. The van der Waals surface area contributed by atoms with Crippen LogP contribution in [0.1, 0.15) is 53.9 Å². The van der Waals surface area contributed by atoms with Gasteiger partial charge in [-0.05, 0) is 53.9 Å². The SMILES string of the molecule is CC(C)N(C)C(=O)NC1(C2CCN(C(=O)OC(C)(C)C)C2)CC1. The highest BCUT2D eigenvalue weighted by molar-refractivity contribution is 5.75. The first-order chi connectivity index (χ1) is 10.5. The van der Waals surface area contributed by atoms with E-state index < -0.39 is 5.60 Å². The summed E-state index contributed by atoms with van der Waals surface area (Å²) in [5.74, 6) is 0.319. The lowest BCUT2D eigenvalue weighted by Gasteiger charge is -2.29. The van der Waals surface area contributed by atoms with E-state index in [2.05, 4.69) is 5.32 Å². The third-order valence-electron chi connectivity index (χ3n) is 4.86.